The van der Waals surface area contributed by atoms with Crippen molar-refractivity contribution in [2.24, 2.45) is 0 Å². The largest absolute Gasteiger partial charge is 0.495 e. The van der Waals surface area contributed by atoms with Crippen molar-refractivity contribution < 1.29 is 31.8 Å². The van der Waals surface area contributed by atoms with Crippen LogP contribution in [0.25, 0.3) is 0 Å². The highest BCUT2D eigenvalue weighted by Gasteiger charge is 2.29. The number of amides is 1. The quantitative estimate of drug-likeness (QED) is 0.703. The standard InChI is InChI=1S/C18H18F4N2O3/c1-11-3-5-15(26-2)14(7-11)24-17(25)9-23-13-8-12(19)4-6-16(13)27-10-18(20,21)22/h3-8,23H,9-10H2,1-2H3,(H,24,25). The zero-order valence-corrected chi connectivity index (χ0v) is 14.6. The lowest BCUT2D eigenvalue weighted by molar-refractivity contribution is -0.153. The first-order valence-corrected chi connectivity index (χ1v) is 7.85. The third kappa shape index (κ3) is 6.36. The maximum absolute atomic E-state index is 13.4. The van der Waals surface area contributed by atoms with E-state index in [1.165, 1.54) is 7.11 Å². The Morgan fingerprint density at radius 3 is 2.44 bits per heavy atom. The smallest absolute Gasteiger partial charge is 0.422 e. The number of carbonyl (C=O) groups excluding carboxylic acids is 1. The molecule has 2 rings (SSSR count). The molecule has 0 bridgehead atoms. The summed E-state index contributed by atoms with van der Waals surface area (Å²) in [6.45, 7) is -0.00666. The second kappa shape index (κ2) is 8.61. The van der Waals surface area contributed by atoms with E-state index < -0.39 is 24.5 Å². The summed E-state index contributed by atoms with van der Waals surface area (Å²) in [5.74, 6) is -0.939. The molecule has 27 heavy (non-hydrogen) atoms. The van der Waals surface area contributed by atoms with Crippen molar-refractivity contribution in [3.63, 3.8) is 0 Å². The number of methoxy groups -OCH3 is 1. The molecule has 0 saturated carbocycles. The monoisotopic (exact) mass is 386 g/mol. The fourth-order valence-corrected chi connectivity index (χ4v) is 2.22. The van der Waals surface area contributed by atoms with Crippen LogP contribution in [0.15, 0.2) is 36.4 Å². The number of nitrogens with one attached hydrogen (secondary N) is 2. The fourth-order valence-electron chi connectivity index (χ4n) is 2.22. The highest BCUT2D eigenvalue weighted by molar-refractivity contribution is 5.95. The number of hydrogen-bond acceptors (Lipinski definition) is 4. The van der Waals surface area contributed by atoms with Crippen molar-refractivity contribution in [1.29, 1.82) is 0 Å². The van der Waals surface area contributed by atoms with Crippen LogP contribution in [-0.4, -0.2) is 32.3 Å². The van der Waals surface area contributed by atoms with Crippen LogP contribution in [0.4, 0.5) is 28.9 Å². The van der Waals surface area contributed by atoms with Crippen LogP contribution in [0, 0.1) is 12.7 Å². The Labute approximate surface area is 153 Å². The van der Waals surface area contributed by atoms with Gasteiger partial charge >= 0.3 is 6.18 Å². The molecule has 0 radical (unpaired) electrons. The summed E-state index contributed by atoms with van der Waals surface area (Å²) in [5, 5.41) is 5.20. The number of halogens is 4. The third-order valence-corrected chi connectivity index (χ3v) is 3.40. The Kier molecular flexibility index (Phi) is 6.49. The molecule has 0 aromatic heterocycles. The minimum absolute atomic E-state index is 0.0643. The molecule has 0 saturated heterocycles. The molecule has 2 aromatic carbocycles. The van der Waals surface area contributed by atoms with E-state index in [2.05, 4.69) is 15.4 Å². The van der Waals surface area contributed by atoms with Gasteiger partial charge in [-0.2, -0.15) is 13.2 Å². The van der Waals surface area contributed by atoms with E-state index in [0.717, 1.165) is 23.8 Å². The van der Waals surface area contributed by atoms with Crippen LogP contribution in [0.1, 0.15) is 5.56 Å². The molecule has 0 aliphatic heterocycles. The summed E-state index contributed by atoms with van der Waals surface area (Å²) in [6.07, 6.45) is -4.54. The molecule has 0 spiro atoms. The van der Waals surface area contributed by atoms with E-state index >= 15 is 0 Å². The highest BCUT2D eigenvalue weighted by atomic mass is 19.4. The number of alkyl halides is 3. The van der Waals surface area contributed by atoms with Crippen LogP contribution < -0.4 is 20.1 Å². The lowest BCUT2D eigenvalue weighted by Crippen LogP contribution is -2.23. The van der Waals surface area contributed by atoms with E-state index in [9.17, 15) is 22.4 Å². The topological polar surface area (TPSA) is 59.6 Å². The summed E-state index contributed by atoms with van der Waals surface area (Å²) in [7, 11) is 1.45. The SMILES string of the molecule is COc1ccc(C)cc1NC(=O)CNc1cc(F)ccc1OCC(F)(F)F. The molecule has 2 N–H and O–H groups in total. The molecule has 0 atom stereocenters. The average Bonchev–Trinajstić information content (AvgIpc) is 2.58. The third-order valence-electron chi connectivity index (χ3n) is 3.40. The van der Waals surface area contributed by atoms with Gasteiger partial charge in [0.25, 0.3) is 0 Å². The molecule has 1 amide bonds. The predicted molar refractivity (Wildman–Crippen MR) is 92.8 cm³/mol. The lowest BCUT2D eigenvalue weighted by Gasteiger charge is -2.15. The van der Waals surface area contributed by atoms with Gasteiger partial charge in [0.15, 0.2) is 6.61 Å². The van der Waals surface area contributed by atoms with Crippen molar-refractivity contribution in [3.8, 4) is 11.5 Å². The fraction of sp³-hybridized carbons (Fsp3) is 0.278. The number of rotatable bonds is 7. The molecule has 5 nitrogen and oxygen atoms in total. The number of anilines is 2. The van der Waals surface area contributed by atoms with Crippen molar-refractivity contribution in [1.82, 2.24) is 0 Å². The summed E-state index contributed by atoms with van der Waals surface area (Å²) in [4.78, 5) is 12.1. The van der Waals surface area contributed by atoms with Crippen LogP contribution in [0.3, 0.4) is 0 Å². The van der Waals surface area contributed by atoms with E-state index in [-0.39, 0.29) is 18.0 Å². The maximum Gasteiger partial charge on any atom is 0.422 e. The Balaban J connectivity index is 2.04. The van der Waals surface area contributed by atoms with Gasteiger partial charge in [-0.15, -0.1) is 0 Å². The normalized spacial score (nSPS) is 11.0. The second-order valence-corrected chi connectivity index (χ2v) is 5.65. The van der Waals surface area contributed by atoms with Gasteiger partial charge < -0.3 is 20.1 Å². The number of benzene rings is 2. The molecule has 9 heteroatoms. The number of aryl methyl sites for hydroxylation is 1. The van der Waals surface area contributed by atoms with Crippen molar-refractivity contribution >= 4 is 17.3 Å². The highest BCUT2D eigenvalue weighted by Crippen LogP contribution is 2.28. The minimum atomic E-state index is -4.54. The van der Waals surface area contributed by atoms with Crippen molar-refractivity contribution in [2.45, 2.75) is 13.1 Å². The predicted octanol–water partition coefficient (Wildman–Crippen LogP) is 4.13. The average molecular weight is 386 g/mol. The van der Waals surface area contributed by atoms with Gasteiger partial charge in [0.05, 0.1) is 25.0 Å². The van der Waals surface area contributed by atoms with Crippen molar-refractivity contribution in [2.75, 3.05) is 30.9 Å². The van der Waals surface area contributed by atoms with Crippen LogP contribution in [-0.2, 0) is 4.79 Å². The summed E-state index contributed by atoms with van der Waals surface area (Å²) >= 11 is 0. The van der Waals surface area contributed by atoms with E-state index in [1.807, 2.05) is 13.0 Å². The molecule has 0 aliphatic rings. The van der Waals surface area contributed by atoms with Gasteiger partial charge in [-0.05, 0) is 36.8 Å². The van der Waals surface area contributed by atoms with Crippen LogP contribution in [0.2, 0.25) is 0 Å². The molecule has 146 valence electrons. The molecule has 0 aliphatic carbocycles. The summed E-state index contributed by atoms with van der Waals surface area (Å²) < 4.78 is 60.2. The first-order chi connectivity index (χ1) is 12.7. The zero-order valence-electron chi connectivity index (χ0n) is 14.6. The van der Waals surface area contributed by atoms with Gasteiger partial charge in [-0.3, -0.25) is 4.79 Å². The minimum Gasteiger partial charge on any atom is -0.495 e. The Hall–Kier alpha value is -2.97. The number of ether oxygens (including phenoxy) is 2. The van der Waals surface area contributed by atoms with Crippen LogP contribution >= 0.6 is 0 Å². The van der Waals surface area contributed by atoms with Gasteiger partial charge in [0, 0.05) is 6.07 Å². The molecule has 0 heterocycles. The Morgan fingerprint density at radius 2 is 1.78 bits per heavy atom. The molecule has 0 fully saturated rings. The van der Waals surface area contributed by atoms with E-state index in [4.69, 9.17) is 4.74 Å². The Morgan fingerprint density at radius 1 is 1.07 bits per heavy atom. The van der Waals surface area contributed by atoms with Crippen molar-refractivity contribution in [3.05, 3.63) is 47.8 Å². The second-order valence-electron chi connectivity index (χ2n) is 5.65. The molecular formula is C18H18F4N2O3. The summed E-state index contributed by atoms with van der Waals surface area (Å²) in [6, 6.07) is 8.18. The molecule has 0 unspecified atom stereocenters. The maximum atomic E-state index is 13.4. The van der Waals surface area contributed by atoms with E-state index in [0.29, 0.717) is 11.4 Å². The number of carbonyl (C=O) groups is 1. The van der Waals surface area contributed by atoms with Gasteiger partial charge in [0.1, 0.15) is 17.3 Å². The van der Waals surface area contributed by atoms with Crippen LogP contribution in [0.5, 0.6) is 11.5 Å². The van der Waals surface area contributed by atoms with Gasteiger partial charge in [-0.1, -0.05) is 6.07 Å². The first kappa shape index (κ1) is 20.3. The van der Waals surface area contributed by atoms with Gasteiger partial charge in [0.2, 0.25) is 5.91 Å². The van der Waals surface area contributed by atoms with E-state index in [1.54, 1.807) is 12.1 Å². The number of hydrogen-bond donors (Lipinski definition) is 2. The van der Waals surface area contributed by atoms with Gasteiger partial charge in [-0.25, -0.2) is 4.39 Å². The molecular weight excluding hydrogens is 368 g/mol. The Bertz CT molecular complexity index is 810. The summed E-state index contributed by atoms with van der Waals surface area (Å²) in [5.41, 5.74) is 1.27. The molecule has 2 aromatic rings. The first-order valence-electron chi connectivity index (χ1n) is 7.85. The zero-order chi connectivity index (χ0) is 20.0. The lowest BCUT2D eigenvalue weighted by atomic mass is 10.2.